The first-order chi connectivity index (χ1) is 14.1. The van der Waals surface area contributed by atoms with E-state index in [0.29, 0.717) is 0 Å². The van der Waals surface area contributed by atoms with Crippen LogP contribution in [0, 0.1) is 0 Å². The molecule has 1 atom stereocenters. The lowest BCUT2D eigenvalue weighted by atomic mass is 10.2. The normalized spacial score (nSPS) is 16.5. The van der Waals surface area contributed by atoms with Gasteiger partial charge in [-0.1, -0.05) is 31.7 Å². The van der Waals surface area contributed by atoms with Gasteiger partial charge in [0.05, 0.1) is 12.0 Å². The lowest BCUT2D eigenvalue weighted by Crippen LogP contribution is -2.36. The molecule has 0 amide bonds. The number of nitrogens with one attached hydrogen (secondary N) is 3. The fraction of sp³-hybridized carbons (Fsp3) is 0.261. The van der Waals surface area contributed by atoms with E-state index in [-0.39, 0.29) is 6.17 Å². The van der Waals surface area contributed by atoms with E-state index in [1.165, 1.54) is 4.90 Å². The number of amidine groups is 1. The van der Waals surface area contributed by atoms with Crippen molar-refractivity contribution < 1.29 is 4.42 Å². The van der Waals surface area contributed by atoms with Crippen molar-refractivity contribution in [1.82, 2.24) is 16.0 Å². The van der Waals surface area contributed by atoms with Crippen LogP contribution in [0.15, 0.2) is 93.2 Å². The van der Waals surface area contributed by atoms with Gasteiger partial charge in [0.2, 0.25) is 0 Å². The zero-order valence-corrected chi connectivity index (χ0v) is 17.8. The summed E-state index contributed by atoms with van der Waals surface area (Å²) in [6.45, 7) is 9.19. The molecule has 3 N–H and O–H groups in total. The molecule has 2 aromatic rings. The maximum absolute atomic E-state index is 5.54. The Morgan fingerprint density at radius 1 is 1.28 bits per heavy atom. The summed E-state index contributed by atoms with van der Waals surface area (Å²) in [6, 6.07) is 14.2. The molecule has 0 aliphatic carbocycles. The molecule has 1 aliphatic rings. The summed E-state index contributed by atoms with van der Waals surface area (Å²) in [7, 11) is 0. The molecule has 152 valence electrons. The zero-order chi connectivity index (χ0) is 20.5. The number of aliphatic imine (C=N–C) groups is 1. The van der Waals surface area contributed by atoms with Crippen LogP contribution in [-0.2, 0) is 0 Å². The van der Waals surface area contributed by atoms with Crippen LogP contribution in [-0.4, -0.2) is 24.3 Å². The van der Waals surface area contributed by atoms with Gasteiger partial charge in [-0.2, -0.15) is 0 Å². The highest BCUT2D eigenvalue weighted by Gasteiger charge is 2.14. The van der Waals surface area contributed by atoms with Gasteiger partial charge in [0.1, 0.15) is 17.8 Å². The van der Waals surface area contributed by atoms with E-state index in [2.05, 4.69) is 53.7 Å². The summed E-state index contributed by atoms with van der Waals surface area (Å²) in [5.41, 5.74) is 2.73. The Bertz CT molecular complexity index is 885. The predicted octanol–water partition coefficient (Wildman–Crippen LogP) is 4.75. The number of nitrogens with zero attached hydrogens (tertiary/aromatic N) is 1. The van der Waals surface area contributed by atoms with Crippen LogP contribution in [0.4, 0.5) is 0 Å². The molecule has 0 saturated heterocycles. The van der Waals surface area contributed by atoms with Crippen molar-refractivity contribution >= 4 is 23.3 Å². The standard InChI is InChI=1S/C23H28N4OS/c1-4-12-24-20(21-11-8-13-28-21)14-17(2)25-22-15-18(3)26-23(27-22)16-29-19-9-6-5-7-10-19/h5-11,13-15,23-24,26H,2,4,12,16H2,1,3H3,(H,25,27)/b20-14-. The third kappa shape index (κ3) is 6.61. The highest BCUT2D eigenvalue weighted by atomic mass is 32.2. The van der Waals surface area contributed by atoms with Crippen LogP contribution in [0.25, 0.3) is 5.70 Å². The van der Waals surface area contributed by atoms with Crippen molar-refractivity contribution in [3.05, 3.63) is 84.6 Å². The molecule has 29 heavy (non-hydrogen) atoms. The zero-order valence-electron chi connectivity index (χ0n) is 16.9. The molecule has 3 rings (SSSR count). The summed E-state index contributed by atoms with van der Waals surface area (Å²) >= 11 is 1.79. The molecule has 1 aromatic carbocycles. The van der Waals surface area contributed by atoms with Crippen LogP contribution in [0.3, 0.4) is 0 Å². The summed E-state index contributed by atoms with van der Waals surface area (Å²) < 4.78 is 5.54. The Labute approximate surface area is 177 Å². The molecule has 0 saturated carbocycles. The lowest BCUT2D eigenvalue weighted by Gasteiger charge is -2.22. The highest BCUT2D eigenvalue weighted by Crippen LogP contribution is 2.20. The van der Waals surface area contributed by atoms with Crippen LogP contribution >= 0.6 is 11.8 Å². The monoisotopic (exact) mass is 408 g/mol. The number of allylic oxidation sites excluding steroid dienone is 2. The molecule has 0 radical (unpaired) electrons. The van der Waals surface area contributed by atoms with Crippen molar-refractivity contribution in [2.45, 2.75) is 31.3 Å². The minimum Gasteiger partial charge on any atom is -0.463 e. The molecule has 0 spiro atoms. The number of thioether (sulfide) groups is 1. The summed E-state index contributed by atoms with van der Waals surface area (Å²) in [4.78, 5) is 6.02. The smallest absolute Gasteiger partial charge is 0.149 e. The molecule has 6 heteroatoms. The van der Waals surface area contributed by atoms with Gasteiger partial charge < -0.3 is 20.4 Å². The lowest BCUT2D eigenvalue weighted by molar-refractivity contribution is 0.546. The van der Waals surface area contributed by atoms with Crippen molar-refractivity contribution in [2.24, 2.45) is 4.99 Å². The van der Waals surface area contributed by atoms with Gasteiger partial charge in [-0.15, -0.1) is 11.8 Å². The van der Waals surface area contributed by atoms with Gasteiger partial charge in [-0.25, -0.2) is 4.99 Å². The molecular formula is C23H28N4OS. The topological polar surface area (TPSA) is 61.6 Å². The van der Waals surface area contributed by atoms with Crippen molar-refractivity contribution in [2.75, 3.05) is 12.3 Å². The molecule has 0 fully saturated rings. The Hall–Kier alpha value is -2.86. The SMILES string of the molecule is C=C(/C=C(\NCCC)c1ccco1)NC1=NC(CSc2ccccc2)NC(C)=C1. The number of rotatable bonds is 9. The second kappa shape index (κ2) is 10.6. The molecule has 5 nitrogen and oxygen atoms in total. The van der Waals surface area contributed by atoms with E-state index < -0.39 is 0 Å². The van der Waals surface area contributed by atoms with Gasteiger partial charge in [-0.05, 0) is 49.8 Å². The fourth-order valence-electron chi connectivity index (χ4n) is 2.86. The van der Waals surface area contributed by atoms with Crippen molar-refractivity contribution in [3.63, 3.8) is 0 Å². The first kappa shape index (κ1) is 20.9. The van der Waals surface area contributed by atoms with E-state index >= 15 is 0 Å². The van der Waals surface area contributed by atoms with E-state index in [1.54, 1.807) is 18.0 Å². The maximum atomic E-state index is 5.54. The summed E-state index contributed by atoms with van der Waals surface area (Å²) in [5, 5.41) is 10.1. The summed E-state index contributed by atoms with van der Waals surface area (Å²) in [5.74, 6) is 2.44. The van der Waals surface area contributed by atoms with Crippen LogP contribution < -0.4 is 16.0 Å². The number of hydrogen-bond acceptors (Lipinski definition) is 6. The van der Waals surface area contributed by atoms with Gasteiger partial charge in [0.25, 0.3) is 0 Å². The van der Waals surface area contributed by atoms with Crippen LogP contribution in [0.5, 0.6) is 0 Å². The van der Waals surface area contributed by atoms with Crippen LogP contribution in [0.2, 0.25) is 0 Å². The van der Waals surface area contributed by atoms with E-state index in [9.17, 15) is 0 Å². The molecule has 1 unspecified atom stereocenters. The minimum absolute atomic E-state index is 0.00671. The van der Waals surface area contributed by atoms with E-state index in [4.69, 9.17) is 9.41 Å². The van der Waals surface area contributed by atoms with E-state index in [1.807, 2.05) is 37.3 Å². The van der Waals surface area contributed by atoms with Gasteiger partial charge in [0.15, 0.2) is 0 Å². The van der Waals surface area contributed by atoms with Crippen molar-refractivity contribution in [3.8, 4) is 0 Å². The van der Waals surface area contributed by atoms with Gasteiger partial charge in [-0.3, -0.25) is 0 Å². The maximum Gasteiger partial charge on any atom is 0.149 e. The van der Waals surface area contributed by atoms with Crippen LogP contribution in [0.1, 0.15) is 26.0 Å². The molecule has 1 aliphatic heterocycles. The summed E-state index contributed by atoms with van der Waals surface area (Å²) in [6.07, 6.45) is 6.65. The number of furan rings is 1. The Kier molecular flexibility index (Phi) is 7.64. The largest absolute Gasteiger partial charge is 0.463 e. The third-order valence-corrected chi connectivity index (χ3v) is 5.24. The number of benzene rings is 1. The molecular weight excluding hydrogens is 380 g/mol. The second-order valence-electron chi connectivity index (χ2n) is 6.74. The minimum atomic E-state index is 0.00671. The molecule has 1 aromatic heterocycles. The Morgan fingerprint density at radius 2 is 2.10 bits per heavy atom. The number of hydrogen-bond donors (Lipinski definition) is 3. The molecule has 0 bridgehead atoms. The second-order valence-corrected chi connectivity index (χ2v) is 7.83. The average Bonchev–Trinajstić information content (AvgIpc) is 3.25. The van der Waals surface area contributed by atoms with Gasteiger partial charge >= 0.3 is 0 Å². The highest BCUT2D eigenvalue weighted by molar-refractivity contribution is 7.99. The average molecular weight is 409 g/mol. The quantitative estimate of drug-likeness (QED) is 0.413. The fourth-order valence-corrected chi connectivity index (χ4v) is 3.72. The molecule has 2 heterocycles. The van der Waals surface area contributed by atoms with Crippen molar-refractivity contribution in [1.29, 1.82) is 0 Å². The first-order valence-corrected chi connectivity index (χ1v) is 10.8. The predicted molar refractivity (Wildman–Crippen MR) is 123 cm³/mol. The van der Waals surface area contributed by atoms with Gasteiger partial charge in [0, 0.05) is 28.6 Å². The van der Waals surface area contributed by atoms with E-state index in [0.717, 1.165) is 47.4 Å². The third-order valence-electron chi connectivity index (χ3n) is 4.15. The Balaban J connectivity index is 1.64. The Morgan fingerprint density at radius 3 is 2.83 bits per heavy atom. The first-order valence-electron chi connectivity index (χ1n) is 9.80.